The Bertz CT molecular complexity index is 344. The second-order valence-corrected chi connectivity index (χ2v) is 4.22. The molecule has 0 aliphatic carbocycles. The lowest BCUT2D eigenvalue weighted by Crippen LogP contribution is -2.34. The first-order chi connectivity index (χ1) is 7.57. The minimum atomic E-state index is 0.0777. The highest BCUT2D eigenvalue weighted by Gasteiger charge is 2.16. The summed E-state index contributed by atoms with van der Waals surface area (Å²) in [6, 6.07) is 4.10. The molecule has 0 unspecified atom stereocenters. The molecule has 4 heteroatoms. The van der Waals surface area contributed by atoms with Crippen molar-refractivity contribution < 1.29 is 4.79 Å². The maximum atomic E-state index is 12.1. The summed E-state index contributed by atoms with van der Waals surface area (Å²) >= 11 is 0. The van der Waals surface area contributed by atoms with Crippen LogP contribution in [0.5, 0.6) is 0 Å². The van der Waals surface area contributed by atoms with E-state index in [4.69, 9.17) is 0 Å². The number of carbonyl (C=O) groups excluding carboxylic acids is 1. The van der Waals surface area contributed by atoms with Crippen LogP contribution >= 0.6 is 0 Å². The second kappa shape index (κ2) is 5.70. The van der Waals surface area contributed by atoms with Crippen LogP contribution < -0.4 is 5.32 Å². The Labute approximate surface area is 97.2 Å². The lowest BCUT2D eigenvalue weighted by atomic mass is 10.3. The van der Waals surface area contributed by atoms with Crippen molar-refractivity contribution in [2.75, 3.05) is 27.2 Å². The number of amides is 1. The third-order valence-corrected chi connectivity index (χ3v) is 2.60. The second-order valence-electron chi connectivity index (χ2n) is 4.22. The lowest BCUT2D eigenvalue weighted by Gasteiger charge is -2.19. The van der Waals surface area contributed by atoms with Gasteiger partial charge in [0, 0.05) is 32.4 Å². The Morgan fingerprint density at radius 3 is 2.81 bits per heavy atom. The summed E-state index contributed by atoms with van der Waals surface area (Å²) in [4.78, 5) is 13.9. The van der Waals surface area contributed by atoms with Crippen molar-refractivity contribution in [3.8, 4) is 0 Å². The topological polar surface area (TPSA) is 37.3 Å². The van der Waals surface area contributed by atoms with E-state index in [0.717, 1.165) is 18.8 Å². The summed E-state index contributed by atoms with van der Waals surface area (Å²) in [6.07, 6.45) is 1.95. The Kier molecular flexibility index (Phi) is 4.55. The zero-order chi connectivity index (χ0) is 12.1. The van der Waals surface area contributed by atoms with Gasteiger partial charge in [0.25, 0.3) is 5.91 Å². The van der Waals surface area contributed by atoms with Crippen molar-refractivity contribution in [3.63, 3.8) is 0 Å². The molecule has 0 aromatic carbocycles. The predicted octanol–water partition coefficient (Wildman–Crippen LogP) is 1.36. The van der Waals surface area contributed by atoms with E-state index in [2.05, 4.69) is 19.2 Å². The maximum Gasteiger partial charge on any atom is 0.270 e. The van der Waals surface area contributed by atoms with E-state index < -0.39 is 0 Å². The summed E-state index contributed by atoms with van der Waals surface area (Å²) in [5, 5.41) is 3.04. The molecule has 0 fully saturated rings. The Balaban J connectivity index is 2.75. The molecule has 1 N–H and O–H groups in total. The molecule has 1 amide bonds. The van der Waals surface area contributed by atoms with Crippen molar-refractivity contribution in [3.05, 3.63) is 24.0 Å². The molecule has 4 nitrogen and oxygen atoms in total. The van der Waals surface area contributed by atoms with Crippen LogP contribution in [0.1, 0.15) is 30.4 Å². The average molecular weight is 223 g/mol. The van der Waals surface area contributed by atoms with Gasteiger partial charge in [-0.25, -0.2) is 0 Å². The minimum absolute atomic E-state index is 0.0777. The van der Waals surface area contributed by atoms with Crippen LogP contribution in [0.15, 0.2) is 18.3 Å². The standard InChI is InChI=1S/C12H21N3O/c1-10(2)15-8-5-6-11(15)12(16)14(4)9-7-13-3/h5-6,8,10,13H,7,9H2,1-4H3. The minimum Gasteiger partial charge on any atom is -0.341 e. The van der Waals surface area contributed by atoms with Crippen molar-refractivity contribution >= 4 is 5.91 Å². The van der Waals surface area contributed by atoms with E-state index in [0.29, 0.717) is 6.04 Å². The Morgan fingerprint density at radius 2 is 2.25 bits per heavy atom. The van der Waals surface area contributed by atoms with E-state index in [1.54, 1.807) is 4.90 Å². The summed E-state index contributed by atoms with van der Waals surface area (Å²) in [5.74, 6) is 0.0777. The number of hydrogen-bond donors (Lipinski definition) is 1. The molecule has 1 rings (SSSR count). The summed E-state index contributed by atoms with van der Waals surface area (Å²) < 4.78 is 2.00. The molecule has 1 aromatic heterocycles. The molecule has 16 heavy (non-hydrogen) atoms. The predicted molar refractivity (Wildman–Crippen MR) is 65.7 cm³/mol. The monoisotopic (exact) mass is 223 g/mol. The number of rotatable bonds is 5. The Hall–Kier alpha value is -1.29. The van der Waals surface area contributed by atoms with Gasteiger partial charge in [0.2, 0.25) is 0 Å². The van der Waals surface area contributed by atoms with Crippen molar-refractivity contribution in [1.82, 2.24) is 14.8 Å². The summed E-state index contributed by atoms with van der Waals surface area (Å²) in [7, 11) is 3.71. The van der Waals surface area contributed by atoms with Crippen LogP contribution in [0.25, 0.3) is 0 Å². The SMILES string of the molecule is CNCCN(C)C(=O)c1cccn1C(C)C. The maximum absolute atomic E-state index is 12.1. The van der Waals surface area contributed by atoms with Crippen LogP contribution in [0.2, 0.25) is 0 Å². The van der Waals surface area contributed by atoms with Crippen LogP contribution in [-0.4, -0.2) is 42.6 Å². The first kappa shape index (κ1) is 12.8. The first-order valence-electron chi connectivity index (χ1n) is 5.64. The quantitative estimate of drug-likeness (QED) is 0.818. The van der Waals surface area contributed by atoms with E-state index >= 15 is 0 Å². The fraction of sp³-hybridized carbons (Fsp3) is 0.583. The zero-order valence-electron chi connectivity index (χ0n) is 10.5. The summed E-state index contributed by atoms with van der Waals surface area (Å²) in [6.45, 7) is 5.68. The molecule has 0 atom stereocenters. The van der Waals surface area contributed by atoms with Gasteiger partial charge in [-0.2, -0.15) is 0 Å². The summed E-state index contributed by atoms with van der Waals surface area (Å²) in [5.41, 5.74) is 0.758. The van der Waals surface area contributed by atoms with E-state index in [1.165, 1.54) is 0 Å². The molecular weight excluding hydrogens is 202 g/mol. The normalized spacial score (nSPS) is 10.8. The number of nitrogens with one attached hydrogen (secondary N) is 1. The molecule has 0 bridgehead atoms. The molecule has 0 saturated heterocycles. The van der Waals surface area contributed by atoms with Gasteiger partial charge in [0.05, 0.1) is 0 Å². The molecule has 0 radical (unpaired) electrons. The first-order valence-corrected chi connectivity index (χ1v) is 5.64. The van der Waals surface area contributed by atoms with Gasteiger partial charge in [-0.15, -0.1) is 0 Å². The number of carbonyl (C=O) groups is 1. The van der Waals surface area contributed by atoms with Gasteiger partial charge in [0.1, 0.15) is 5.69 Å². The highest BCUT2D eigenvalue weighted by molar-refractivity contribution is 5.92. The highest BCUT2D eigenvalue weighted by atomic mass is 16.2. The molecular formula is C12H21N3O. The van der Waals surface area contributed by atoms with Gasteiger partial charge >= 0.3 is 0 Å². The van der Waals surface area contributed by atoms with Gasteiger partial charge in [-0.1, -0.05) is 0 Å². The number of aromatic nitrogens is 1. The van der Waals surface area contributed by atoms with E-state index in [1.807, 2.05) is 37.0 Å². The van der Waals surface area contributed by atoms with E-state index in [-0.39, 0.29) is 5.91 Å². The molecule has 0 saturated carbocycles. The van der Waals surface area contributed by atoms with Crippen molar-refractivity contribution in [1.29, 1.82) is 0 Å². The van der Waals surface area contributed by atoms with Crippen LogP contribution in [0.4, 0.5) is 0 Å². The largest absolute Gasteiger partial charge is 0.341 e. The highest BCUT2D eigenvalue weighted by Crippen LogP contribution is 2.12. The van der Waals surface area contributed by atoms with E-state index in [9.17, 15) is 4.79 Å². The molecule has 0 aliphatic rings. The van der Waals surface area contributed by atoms with Gasteiger partial charge in [-0.05, 0) is 33.0 Å². The lowest BCUT2D eigenvalue weighted by molar-refractivity contribution is 0.0784. The van der Waals surface area contributed by atoms with Gasteiger partial charge < -0.3 is 14.8 Å². The smallest absolute Gasteiger partial charge is 0.270 e. The fourth-order valence-electron chi connectivity index (χ4n) is 1.60. The van der Waals surface area contributed by atoms with Gasteiger partial charge in [0.15, 0.2) is 0 Å². The third kappa shape index (κ3) is 2.85. The van der Waals surface area contributed by atoms with Crippen LogP contribution in [0.3, 0.4) is 0 Å². The fourth-order valence-corrected chi connectivity index (χ4v) is 1.60. The number of hydrogen-bond acceptors (Lipinski definition) is 2. The molecule has 0 aliphatic heterocycles. The average Bonchev–Trinajstić information content (AvgIpc) is 2.73. The van der Waals surface area contributed by atoms with Crippen LogP contribution in [0, 0.1) is 0 Å². The van der Waals surface area contributed by atoms with Crippen LogP contribution in [-0.2, 0) is 0 Å². The number of nitrogens with zero attached hydrogens (tertiary/aromatic N) is 2. The molecule has 90 valence electrons. The van der Waals surface area contributed by atoms with Gasteiger partial charge in [-0.3, -0.25) is 4.79 Å². The van der Waals surface area contributed by atoms with Crippen molar-refractivity contribution in [2.24, 2.45) is 0 Å². The van der Waals surface area contributed by atoms with Crippen molar-refractivity contribution in [2.45, 2.75) is 19.9 Å². The Morgan fingerprint density at radius 1 is 1.56 bits per heavy atom. The molecule has 0 spiro atoms. The number of likely N-dealkylation sites (N-methyl/N-ethyl adjacent to an activating group) is 2. The molecule has 1 heterocycles. The zero-order valence-corrected chi connectivity index (χ0v) is 10.5. The third-order valence-electron chi connectivity index (χ3n) is 2.60. The molecule has 1 aromatic rings.